The summed E-state index contributed by atoms with van der Waals surface area (Å²) in [4.78, 5) is 28.0. The Labute approximate surface area is 130 Å². The van der Waals surface area contributed by atoms with Crippen molar-refractivity contribution in [1.82, 2.24) is 9.80 Å². The number of rotatable bonds is 6. The van der Waals surface area contributed by atoms with E-state index in [1.807, 2.05) is 0 Å². The van der Waals surface area contributed by atoms with Gasteiger partial charge >= 0.3 is 5.97 Å². The lowest BCUT2D eigenvalue weighted by atomic mass is 10.1. The third-order valence-electron chi connectivity index (χ3n) is 4.03. The minimum absolute atomic E-state index is 0.0177. The fourth-order valence-electron chi connectivity index (χ4n) is 2.61. The molecule has 1 aromatic carbocycles. The summed E-state index contributed by atoms with van der Waals surface area (Å²) in [6.07, 6.45) is 0. The third-order valence-corrected chi connectivity index (χ3v) is 4.03. The van der Waals surface area contributed by atoms with E-state index in [1.54, 1.807) is 6.07 Å². The van der Waals surface area contributed by atoms with E-state index in [9.17, 15) is 14.7 Å². The highest BCUT2D eigenvalue weighted by molar-refractivity contribution is 6.01. The first-order chi connectivity index (χ1) is 10.5. The minimum Gasteiger partial charge on any atom is -0.496 e. The van der Waals surface area contributed by atoms with Crippen LogP contribution < -0.4 is 4.74 Å². The summed E-state index contributed by atoms with van der Waals surface area (Å²) in [7, 11) is 1.41. The van der Waals surface area contributed by atoms with Crippen molar-refractivity contribution in [2.75, 3.05) is 46.4 Å². The first kappa shape index (κ1) is 16.5. The molecule has 1 aliphatic heterocycles. The zero-order valence-corrected chi connectivity index (χ0v) is 13.0. The Kier molecular flexibility index (Phi) is 5.51. The Morgan fingerprint density at radius 2 is 1.82 bits per heavy atom. The second kappa shape index (κ2) is 7.38. The van der Waals surface area contributed by atoms with Gasteiger partial charge in [0.1, 0.15) is 11.3 Å². The Morgan fingerprint density at radius 3 is 2.36 bits per heavy atom. The van der Waals surface area contributed by atoms with Crippen LogP contribution in [0.4, 0.5) is 0 Å². The number of hydrogen-bond acceptors (Lipinski definition) is 5. The van der Waals surface area contributed by atoms with E-state index in [2.05, 4.69) is 16.7 Å². The number of carbonyl (C=O) groups excluding carboxylic acids is 1. The summed E-state index contributed by atoms with van der Waals surface area (Å²) in [5.41, 5.74) is 0.431. The Bertz CT molecular complexity index is 551. The van der Waals surface area contributed by atoms with Crippen LogP contribution >= 0.6 is 0 Å². The van der Waals surface area contributed by atoms with E-state index in [-0.39, 0.29) is 17.1 Å². The van der Waals surface area contributed by atoms with Crippen molar-refractivity contribution in [3.05, 3.63) is 29.3 Å². The molecule has 0 atom stereocenters. The standard InChI is InChI=1S/C16H22N2O4/c1-3-17-6-8-18(9-7-17)11-14(19)12-4-5-15(22-2)13(10-12)16(20)21/h4-5,10H,3,6-9,11H2,1-2H3,(H,20,21). The molecule has 0 radical (unpaired) electrons. The Morgan fingerprint density at radius 1 is 1.18 bits per heavy atom. The summed E-state index contributed by atoms with van der Waals surface area (Å²) in [5, 5.41) is 9.17. The molecule has 1 heterocycles. The maximum atomic E-state index is 12.3. The molecule has 0 bridgehead atoms. The van der Waals surface area contributed by atoms with Crippen molar-refractivity contribution < 1.29 is 19.4 Å². The molecule has 0 aliphatic carbocycles. The van der Waals surface area contributed by atoms with E-state index in [4.69, 9.17) is 4.74 Å². The van der Waals surface area contributed by atoms with Gasteiger partial charge in [-0.3, -0.25) is 9.69 Å². The molecule has 1 saturated heterocycles. The minimum atomic E-state index is -1.09. The number of piperazine rings is 1. The molecule has 0 unspecified atom stereocenters. The number of Topliss-reactive ketones (excluding diaryl/α,β-unsaturated/α-hetero) is 1. The van der Waals surface area contributed by atoms with Gasteiger partial charge in [-0.25, -0.2) is 4.79 Å². The van der Waals surface area contributed by atoms with Crippen LogP contribution in [-0.2, 0) is 0 Å². The largest absolute Gasteiger partial charge is 0.496 e. The van der Waals surface area contributed by atoms with Gasteiger partial charge in [-0.1, -0.05) is 6.92 Å². The van der Waals surface area contributed by atoms with Gasteiger partial charge in [-0.15, -0.1) is 0 Å². The predicted octanol–water partition coefficient (Wildman–Crippen LogP) is 1.21. The summed E-state index contributed by atoms with van der Waals surface area (Å²) in [6.45, 7) is 7.14. The lowest BCUT2D eigenvalue weighted by Crippen LogP contribution is -2.47. The fourth-order valence-corrected chi connectivity index (χ4v) is 2.61. The number of benzene rings is 1. The molecule has 22 heavy (non-hydrogen) atoms. The normalized spacial score (nSPS) is 16.5. The second-order valence-electron chi connectivity index (χ2n) is 5.35. The van der Waals surface area contributed by atoms with Crippen molar-refractivity contribution >= 4 is 11.8 Å². The van der Waals surface area contributed by atoms with Crippen molar-refractivity contribution in [1.29, 1.82) is 0 Å². The van der Waals surface area contributed by atoms with E-state index in [1.165, 1.54) is 19.2 Å². The highest BCUT2D eigenvalue weighted by Gasteiger charge is 2.20. The Hall–Kier alpha value is -1.92. The second-order valence-corrected chi connectivity index (χ2v) is 5.35. The molecule has 6 heteroatoms. The molecule has 0 aromatic heterocycles. The van der Waals surface area contributed by atoms with Gasteiger partial charge < -0.3 is 14.7 Å². The Balaban J connectivity index is 2.04. The van der Waals surface area contributed by atoms with Gasteiger partial charge in [0.15, 0.2) is 5.78 Å². The van der Waals surface area contributed by atoms with Gasteiger partial charge in [0, 0.05) is 31.7 Å². The molecule has 2 rings (SSSR count). The number of likely N-dealkylation sites (N-methyl/N-ethyl adjacent to an activating group) is 1. The van der Waals surface area contributed by atoms with Crippen molar-refractivity contribution in [2.45, 2.75) is 6.92 Å². The van der Waals surface area contributed by atoms with Gasteiger partial charge in [0.05, 0.1) is 13.7 Å². The lowest BCUT2D eigenvalue weighted by Gasteiger charge is -2.33. The topological polar surface area (TPSA) is 70.1 Å². The van der Waals surface area contributed by atoms with Gasteiger partial charge in [0.25, 0.3) is 0 Å². The van der Waals surface area contributed by atoms with Gasteiger partial charge in [-0.2, -0.15) is 0 Å². The smallest absolute Gasteiger partial charge is 0.339 e. The first-order valence-corrected chi connectivity index (χ1v) is 7.44. The third kappa shape index (κ3) is 3.84. The molecule has 0 amide bonds. The van der Waals surface area contributed by atoms with Crippen LogP contribution in [0.2, 0.25) is 0 Å². The van der Waals surface area contributed by atoms with Crippen LogP contribution in [0.5, 0.6) is 5.75 Å². The molecular formula is C16H22N2O4. The number of methoxy groups -OCH3 is 1. The van der Waals surface area contributed by atoms with E-state index >= 15 is 0 Å². The average molecular weight is 306 g/mol. The number of nitrogens with zero attached hydrogens (tertiary/aromatic N) is 2. The van der Waals surface area contributed by atoms with Crippen LogP contribution in [0, 0.1) is 0 Å². The van der Waals surface area contributed by atoms with Crippen LogP contribution in [0.1, 0.15) is 27.6 Å². The number of ketones is 1. The van der Waals surface area contributed by atoms with Crippen LogP contribution in [-0.4, -0.2) is 73.0 Å². The zero-order valence-electron chi connectivity index (χ0n) is 13.0. The summed E-state index contributed by atoms with van der Waals surface area (Å²) in [5.74, 6) is -0.890. The van der Waals surface area contributed by atoms with Crippen LogP contribution in [0.25, 0.3) is 0 Å². The quantitative estimate of drug-likeness (QED) is 0.797. The molecule has 0 saturated carbocycles. The molecule has 1 aromatic rings. The molecule has 1 aliphatic rings. The SMILES string of the molecule is CCN1CCN(CC(=O)c2ccc(OC)c(C(=O)O)c2)CC1. The molecular weight excluding hydrogens is 284 g/mol. The molecule has 1 fully saturated rings. The summed E-state index contributed by atoms with van der Waals surface area (Å²) < 4.78 is 5.01. The number of carboxylic acids is 1. The molecule has 1 N–H and O–H groups in total. The predicted molar refractivity (Wildman–Crippen MR) is 82.8 cm³/mol. The monoisotopic (exact) mass is 306 g/mol. The van der Waals surface area contributed by atoms with Gasteiger partial charge in [0.2, 0.25) is 0 Å². The molecule has 120 valence electrons. The highest BCUT2D eigenvalue weighted by atomic mass is 16.5. The number of aromatic carboxylic acids is 1. The lowest BCUT2D eigenvalue weighted by molar-refractivity contribution is 0.0693. The molecule has 0 spiro atoms. The molecule has 6 nitrogen and oxygen atoms in total. The van der Waals surface area contributed by atoms with E-state index < -0.39 is 5.97 Å². The van der Waals surface area contributed by atoms with Crippen molar-refractivity contribution in [2.24, 2.45) is 0 Å². The summed E-state index contributed by atoms with van der Waals surface area (Å²) in [6, 6.07) is 4.55. The van der Waals surface area contributed by atoms with Crippen LogP contribution in [0.3, 0.4) is 0 Å². The van der Waals surface area contributed by atoms with Crippen molar-refractivity contribution in [3.8, 4) is 5.75 Å². The maximum absolute atomic E-state index is 12.3. The fraction of sp³-hybridized carbons (Fsp3) is 0.500. The number of ether oxygens (including phenoxy) is 1. The van der Waals surface area contributed by atoms with Crippen LogP contribution in [0.15, 0.2) is 18.2 Å². The first-order valence-electron chi connectivity index (χ1n) is 7.44. The number of carboxylic acid groups (broad SMARTS) is 1. The number of hydrogen-bond donors (Lipinski definition) is 1. The van der Waals surface area contributed by atoms with E-state index in [0.29, 0.717) is 12.1 Å². The summed E-state index contributed by atoms with van der Waals surface area (Å²) >= 11 is 0. The average Bonchev–Trinajstić information content (AvgIpc) is 2.54. The number of carbonyl (C=O) groups is 2. The zero-order chi connectivity index (χ0) is 16.1. The van der Waals surface area contributed by atoms with Gasteiger partial charge in [-0.05, 0) is 24.7 Å². The maximum Gasteiger partial charge on any atom is 0.339 e. The van der Waals surface area contributed by atoms with E-state index in [0.717, 1.165) is 32.7 Å². The highest BCUT2D eigenvalue weighted by Crippen LogP contribution is 2.20. The van der Waals surface area contributed by atoms with Crippen molar-refractivity contribution in [3.63, 3.8) is 0 Å².